The lowest BCUT2D eigenvalue weighted by Gasteiger charge is -2.28. The molecule has 3 N–H and O–H groups in total. The van der Waals surface area contributed by atoms with Gasteiger partial charge in [0.25, 0.3) is 0 Å². The Labute approximate surface area is 147 Å². The van der Waals surface area contributed by atoms with Crippen LogP contribution in [0.4, 0.5) is 13.2 Å². The number of hydrogen-bond acceptors (Lipinski definition) is 2. The van der Waals surface area contributed by atoms with Crippen molar-refractivity contribution in [3.05, 3.63) is 35.4 Å². The van der Waals surface area contributed by atoms with Crippen LogP contribution in [0.15, 0.2) is 24.3 Å². The maximum Gasteiger partial charge on any atom is 0.416 e. The van der Waals surface area contributed by atoms with E-state index in [0.717, 1.165) is 18.6 Å². The lowest BCUT2D eigenvalue weighted by molar-refractivity contribution is -0.137. The fourth-order valence-corrected chi connectivity index (χ4v) is 2.16. The first-order valence-corrected chi connectivity index (χ1v) is 7.70. The van der Waals surface area contributed by atoms with Crippen LogP contribution in [0, 0.1) is 5.92 Å². The summed E-state index contributed by atoms with van der Waals surface area (Å²) in [6.07, 6.45) is -3.60. The first-order valence-electron chi connectivity index (χ1n) is 7.70. The molecule has 0 heterocycles. The van der Waals surface area contributed by atoms with Crippen LogP contribution >= 0.6 is 12.4 Å². The highest BCUT2D eigenvalue weighted by Crippen LogP contribution is 2.32. The molecule has 1 aromatic rings. The van der Waals surface area contributed by atoms with E-state index in [1.54, 1.807) is 19.9 Å². The van der Waals surface area contributed by atoms with Crippen LogP contribution in [0.2, 0.25) is 0 Å². The van der Waals surface area contributed by atoms with Crippen molar-refractivity contribution >= 4 is 18.3 Å². The molecule has 7 heteroatoms. The minimum atomic E-state index is -4.38. The third kappa shape index (κ3) is 5.98. The Balaban J connectivity index is 0.00000529. The highest BCUT2D eigenvalue weighted by Gasteiger charge is 2.32. The molecule has 24 heavy (non-hydrogen) atoms. The second-order valence-corrected chi connectivity index (χ2v) is 6.59. The van der Waals surface area contributed by atoms with Crippen molar-refractivity contribution in [3.63, 3.8) is 0 Å². The first kappa shape index (κ1) is 22.7. The summed E-state index contributed by atoms with van der Waals surface area (Å²) >= 11 is 0. The second kappa shape index (κ2) is 8.72. The van der Waals surface area contributed by atoms with Crippen molar-refractivity contribution in [2.45, 2.75) is 51.7 Å². The number of halogens is 4. The summed E-state index contributed by atoms with van der Waals surface area (Å²) in [4.78, 5) is 12.0. The molecule has 0 radical (unpaired) electrons. The molecule has 1 amide bonds. The largest absolute Gasteiger partial charge is 0.416 e. The summed E-state index contributed by atoms with van der Waals surface area (Å²) in [6, 6.07) is 4.57. The van der Waals surface area contributed by atoms with Gasteiger partial charge in [-0.1, -0.05) is 52.3 Å². The number of hydrogen-bond donors (Lipinski definition) is 2. The third-order valence-corrected chi connectivity index (χ3v) is 4.24. The third-order valence-electron chi connectivity index (χ3n) is 4.24. The minimum Gasteiger partial charge on any atom is -0.354 e. The molecule has 0 spiro atoms. The Morgan fingerprint density at radius 3 is 2.29 bits per heavy atom. The fraction of sp³-hybridized carbons (Fsp3) is 0.588. The molecule has 1 aromatic carbocycles. The molecular formula is C17H26ClF3N2O. The number of alkyl halides is 3. The number of nitrogens with two attached hydrogens (primary N) is 1. The number of benzene rings is 1. The quantitative estimate of drug-likeness (QED) is 0.802. The molecule has 2 unspecified atom stereocenters. The van der Waals surface area contributed by atoms with Crippen LogP contribution in [-0.4, -0.2) is 18.5 Å². The van der Waals surface area contributed by atoms with Crippen LogP contribution in [0.25, 0.3) is 0 Å². The predicted octanol–water partition coefficient (Wildman–Crippen LogP) is 3.89. The minimum absolute atomic E-state index is 0. The van der Waals surface area contributed by atoms with Crippen molar-refractivity contribution < 1.29 is 18.0 Å². The van der Waals surface area contributed by atoms with Crippen molar-refractivity contribution in [2.75, 3.05) is 6.54 Å². The van der Waals surface area contributed by atoms with Gasteiger partial charge in [0, 0.05) is 12.0 Å². The van der Waals surface area contributed by atoms with Crippen LogP contribution in [0.1, 0.15) is 45.2 Å². The van der Waals surface area contributed by atoms with Gasteiger partial charge in [0.1, 0.15) is 0 Å². The molecule has 0 aliphatic heterocycles. The van der Waals surface area contributed by atoms with Crippen molar-refractivity contribution in [1.29, 1.82) is 0 Å². The summed E-state index contributed by atoms with van der Waals surface area (Å²) in [5.74, 6) is -0.230. The Hall–Kier alpha value is -1.27. The Morgan fingerprint density at radius 2 is 1.79 bits per heavy atom. The molecule has 0 aromatic heterocycles. The number of nitrogens with one attached hydrogen (secondary N) is 1. The zero-order valence-corrected chi connectivity index (χ0v) is 15.2. The van der Waals surface area contributed by atoms with Gasteiger partial charge in [-0.25, -0.2) is 0 Å². The maximum absolute atomic E-state index is 12.8. The number of carbonyl (C=O) groups excluding carboxylic acids is 1. The van der Waals surface area contributed by atoms with E-state index in [4.69, 9.17) is 5.73 Å². The van der Waals surface area contributed by atoms with Crippen molar-refractivity contribution in [1.82, 2.24) is 5.32 Å². The number of amides is 1. The lowest BCUT2D eigenvalue weighted by Crippen LogP contribution is -2.47. The van der Waals surface area contributed by atoms with Gasteiger partial charge >= 0.3 is 6.18 Å². The van der Waals surface area contributed by atoms with Gasteiger partial charge in [-0.15, -0.1) is 12.4 Å². The van der Waals surface area contributed by atoms with E-state index in [9.17, 15) is 18.0 Å². The van der Waals surface area contributed by atoms with Gasteiger partial charge in [0.2, 0.25) is 5.91 Å². The van der Waals surface area contributed by atoms with E-state index in [-0.39, 0.29) is 30.8 Å². The van der Waals surface area contributed by atoms with Crippen molar-refractivity contribution in [3.8, 4) is 0 Å². The van der Waals surface area contributed by atoms with Gasteiger partial charge in [0.15, 0.2) is 0 Å². The van der Waals surface area contributed by atoms with Crippen molar-refractivity contribution in [2.24, 2.45) is 11.7 Å². The topological polar surface area (TPSA) is 55.1 Å². The number of rotatable bonds is 6. The molecule has 0 bridgehead atoms. The smallest absolute Gasteiger partial charge is 0.354 e. The molecule has 0 aliphatic carbocycles. The van der Waals surface area contributed by atoms with Crippen LogP contribution in [0.3, 0.4) is 0 Å². The van der Waals surface area contributed by atoms with E-state index in [1.165, 1.54) is 6.07 Å². The van der Waals surface area contributed by atoms with Gasteiger partial charge in [-0.3, -0.25) is 4.79 Å². The fourth-order valence-electron chi connectivity index (χ4n) is 2.16. The normalized spacial score (nSPS) is 14.5. The molecule has 0 saturated carbocycles. The second-order valence-electron chi connectivity index (χ2n) is 6.59. The SMILES string of the molecule is CCC(C)C(N)C(=O)NCC(C)(C)c1cccc(C(F)(F)F)c1.Cl. The highest BCUT2D eigenvalue weighted by atomic mass is 35.5. The van der Waals surface area contributed by atoms with Gasteiger partial charge in [-0.05, 0) is 17.5 Å². The van der Waals surface area contributed by atoms with E-state index in [1.807, 2.05) is 13.8 Å². The molecule has 0 saturated heterocycles. The summed E-state index contributed by atoms with van der Waals surface area (Å²) in [6.45, 7) is 7.64. The number of carbonyl (C=O) groups is 1. The lowest BCUT2D eigenvalue weighted by atomic mass is 9.83. The zero-order chi connectivity index (χ0) is 17.8. The predicted molar refractivity (Wildman–Crippen MR) is 92.2 cm³/mol. The van der Waals surface area contributed by atoms with Crippen LogP contribution in [0.5, 0.6) is 0 Å². The Kier molecular flexibility index (Phi) is 8.26. The molecule has 0 aliphatic rings. The summed E-state index contributed by atoms with van der Waals surface area (Å²) < 4.78 is 38.5. The monoisotopic (exact) mass is 366 g/mol. The summed E-state index contributed by atoms with van der Waals surface area (Å²) in [7, 11) is 0. The zero-order valence-electron chi connectivity index (χ0n) is 14.4. The van der Waals surface area contributed by atoms with Gasteiger partial charge < -0.3 is 11.1 Å². The van der Waals surface area contributed by atoms with Crippen LogP contribution < -0.4 is 11.1 Å². The van der Waals surface area contributed by atoms with E-state index >= 15 is 0 Å². The van der Waals surface area contributed by atoms with E-state index < -0.39 is 23.2 Å². The molecular weight excluding hydrogens is 341 g/mol. The Bertz CT molecular complexity index is 547. The standard InChI is InChI=1S/C17H25F3N2O.ClH/c1-5-11(2)14(21)15(23)22-10-16(3,4)12-7-6-8-13(9-12)17(18,19)20;/h6-9,11,14H,5,10,21H2,1-4H3,(H,22,23);1H. The summed E-state index contributed by atoms with van der Waals surface area (Å²) in [5, 5.41) is 2.75. The van der Waals surface area contributed by atoms with Gasteiger partial charge in [0.05, 0.1) is 11.6 Å². The molecule has 2 atom stereocenters. The van der Waals surface area contributed by atoms with E-state index in [2.05, 4.69) is 5.32 Å². The van der Waals surface area contributed by atoms with Gasteiger partial charge in [-0.2, -0.15) is 13.2 Å². The molecule has 138 valence electrons. The first-order chi connectivity index (χ1) is 10.5. The molecule has 0 fully saturated rings. The highest BCUT2D eigenvalue weighted by molar-refractivity contribution is 5.85. The van der Waals surface area contributed by atoms with E-state index in [0.29, 0.717) is 5.56 Å². The summed E-state index contributed by atoms with van der Waals surface area (Å²) in [5.41, 5.74) is 5.06. The maximum atomic E-state index is 12.8. The molecule has 1 rings (SSSR count). The Morgan fingerprint density at radius 1 is 1.25 bits per heavy atom. The molecule has 3 nitrogen and oxygen atoms in total. The average Bonchev–Trinajstić information content (AvgIpc) is 2.50. The van der Waals surface area contributed by atoms with Crippen LogP contribution in [-0.2, 0) is 16.4 Å². The average molecular weight is 367 g/mol.